The molecule has 0 aliphatic carbocycles. The van der Waals surface area contributed by atoms with Gasteiger partial charge in [0.05, 0.1) is 12.1 Å². The molecule has 3 rings (SSSR count). The predicted octanol–water partition coefficient (Wildman–Crippen LogP) is 4.06. The van der Waals surface area contributed by atoms with Crippen molar-refractivity contribution in [3.8, 4) is 11.5 Å². The van der Waals surface area contributed by atoms with Gasteiger partial charge in [0.25, 0.3) is 0 Å². The summed E-state index contributed by atoms with van der Waals surface area (Å²) in [5.74, 6) is 1.33. The van der Waals surface area contributed by atoms with Crippen molar-refractivity contribution in [3.05, 3.63) is 64.5 Å². The molecule has 0 aliphatic heterocycles. The number of methoxy groups -OCH3 is 1. The smallest absolute Gasteiger partial charge is 0.313 e. The van der Waals surface area contributed by atoms with Crippen LogP contribution in [0.25, 0.3) is 12.2 Å². The minimum absolute atomic E-state index is 0.0138. The fourth-order valence-corrected chi connectivity index (χ4v) is 2.46. The van der Waals surface area contributed by atoms with E-state index in [9.17, 15) is 0 Å². The van der Waals surface area contributed by atoms with Gasteiger partial charge in [0.2, 0.25) is 5.89 Å². The van der Waals surface area contributed by atoms with Crippen LogP contribution in [0.2, 0.25) is 5.02 Å². The Labute approximate surface area is 149 Å². The van der Waals surface area contributed by atoms with Crippen LogP contribution in [-0.2, 0) is 6.61 Å². The standard InChI is InChI=1S/C18H16ClN3O3/c1-23-15-10-13(7-8-16-21-22-18(20)25-16)9-14(19)17(15)24-11-12-5-3-2-4-6-12/h2-10H,11H2,1H3,(H2,20,22)/b8-7+. The molecule has 25 heavy (non-hydrogen) atoms. The van der Waals surface area contributed by atoms with E-state index in [0.717, 1.165) is 11.1 Å². The molecule has 0 amide bonds. The van der Waals surface area contributed by atoms with Crippen LogP contribution in [0.15, 0.2) is 46.9 Å². The molecule has 0 radical (unpaired) electrons. The molecule has 6 nitrogen and oxygen atoms in total. The monoisotopic (exact) mass is 357 g/mol. The molecule has 0 bridgehead atoms. The zero-order chi connectivity index (χ0) is 17.6. The molecule has 2 N–H and O–H groups in total. The van der Waals surface area contributed by atoms with Crippen LogP contribution in [0, 0.1) is 0 Å². The normalized spacial score (nSPS) is 11.0. The molecule has 3 aromatic rings. The maximum atomic E-state index is 6.36. The van der Waals surface area contributed by atoms with E-state index in [1.165, 1.54) is 0 Å². The van der Waals surface area contributed by atoms with Gasteiger partial charge in [0.1, 0.15) is 6.61 Å². The quantitative estimate of drug-likeness (QED) is 0.716. The second kappa shape index (κ2) is 7.72. The van der Waals surface area contributed by atoms with Gasteiger partial charge >= 0.3 is 6.01 Å². The van der Waals surface area contributed by atoms with Crippen molar-refractivity contribution in [3.63, 3.8) is 0 Å². The first-order valence-electron chi connectivity index (χ1n) is 7.47. The molecular weight excluding hydrogens is 342 g/mol. The number of hydrogen-bond donors (Lipinski definition) is 1. The van der Waals surface area contributed by atoms with Crippen molar-refractivity contribution in [1.29, 1.82) is 0 Å². The molecule has 2 aromatic carbocycles. The minimum Gasteiger partial charge on any atom is -0.493 e. The summed E-state index contributed by atoms with van der Waals surface area (Å²) in [6.45, 7) is 0.396. The van der Waals surface area contributed by atoms with Crippen LogP contribution in [0.1, 0.15) is 17.0 Å². The van der Waals surface area contributed by atoms with Crippen LogP contribution < -0.4 is 15.2 Å². The second-order valence-electron chi connectivity index (χ2n) is 5.12. The minimum atomic E-state index is 0.0138. The number of anilines is 1. The highest BCUT2D eigenvalue weighted by atomic mass is 35.5. The third-order valence-corrected chi connectivity index (χ3v) is 3.63. The SMILES string of the molecule is COc1cc(/C=C/c2nnc(N)o2)cc(Cl)c1OCc1ccccc1. The summed E-state index contributed by atoms with van der Waals surface area (Å²) in [5.41, 5.74) is 7.22. The number of benzene rings is 2. The molecule has 0 fully saturated rings. The number of hydrogen-bond acceptors (Lipinski definition) is 6. The first kappa shape index (κ1) is 16.9. The number of nitrogens with zero attached hydrogens (tertiary/aromatic N) is 2. The average molecular weight is 358 g/mol. The number of nitrogens with two attached hydrogens (primary N) is 1. The topological polar surface area (TPSA) is 83.4 Å². The Balaban J connectivity index is 1.79. The van der Waals surface area contributed by atoms with Gasteiger partial charge in [0, 0.05) is 6.08 Å². The fraction of sp³-hybridized carbons (Fsp3) is 0.111. The summed E-state index contributed by atoms with van der Waals surface area (Å²) in [7, 11) is 1.56. The van der Waals surface area contributed by atoms with Gasteiger partial charge in [-0.15, -0.1) is 5.10 Å². The summed E-state index contributed by atoms with van der Waals surface area (Å²) in [4.78, 5) is 0. The zero-order valence-corrected chi connectivity index (χ0v) is 14.2. The van der Waals surface area contributed by atoms with Crippen molar-refractivity contribution in [1.82, 2.24) is 10.2 Å². The predicted molar refractivity (Wildman–Crippen MR) is 96.4 cm³/mol. The molecule has 0 saturated carbocycles. The van der Waals surface area contributed by atoms with Gasteiger partial charge in [-0.25, -0.2) is 0 Å². The Morgan fingerprint density at radius 2 is 1.96 bits per heavy atom. The van der Waals surface area contributed by atoms with Crippen molar-refractivity contribution in [2.24, 2.45) is 0 Å². The number of nitrogen functional groups attached to an aromatic ring is 1. The summed E-state index contributed by atoms with van der Waals surface area (Å²) < 4.78 is 16.3. The van der Waals surface area contributed by atoms with Crippen molar-refractivity contribution in [2.75, 3.05) is 12.8 Å². The summed E-state index contributed by atoms with van der Waals surface area (Å²) >= 11 is 6.36. The highest BCUT2D eigenvalue weighted by Crippen LogP contribution is 2.37. The lowest BCUT2D eigenvalue weighted by molar-refractivity contribution is 0.284. The Hall–Kier alpha value is -2.99. The maximum Gasteiger partial charge on any atom is 0.313 e. The van der Waals surface area contributed by atoms with Gasteiger partial charge < -0.3 is 19.6 Å². The summed E-state index contributed by atoms with van der Waals surface area (Å²) in [6, 6.07) is 13.4. The van der Waals surface area contributed by atoms with E-state index >= 15 is 0 Å². The van der Waals surface area contributed by atoms with Crippen molar-refractivity contribution >= 4 is 29.8 Å². The Morgan fingerprint density at radius 3 is 2.64 bits per heavy atom. The second-order valence-corrected chi connectivity index (χ2v) is 5.53. The van der Waals surface area contributed by atoms with Crippen molar-refractivity contribution < 1.29 is 13.9 Å². The first-order valence-corrected chi connectivity index (χ1v) is 7.85. The summed E-state index contributed by atoms with van der Waals surface area (Å²) in [6.07, 6.45) is 3.40. The highest BCUT2D eigenvalue weighted by molar-refractivity contribution is 6.32. The van der Waals surface area contributed by atoms with E-state index in [0.29, 0.717) is 29.0 Å². The third-order valence-electron chi connectivity index (χ3n) is 3.35. The molecule has 1 heterocycles. The molecular formula is C18H16ClN3O3. The van der Waals surface area contributed by atoms with E-state index in [-0.39, 0.29) is 6.01 Å². The molecule has 0 spiro atoms. The Morgan fingerprint density at radius 1 is 1.16 bits per heavy atom. The van der Waals surface area contributed by atoms with Crippen molar-refractivity contribution in [2.45, 2.75) is 6.61 Å². The van der Waals surface area contributed by atoms with Crippen LogP contribution in [0.5, 0.6) is 11.5 Å². The van der Waals surface area contributed by atoms with E-state index in [1.54, 1.807) is 25.3 Å². The van der Waals surface area contributed by atoms with Crippen LogP contribution in [0.3, 0.4) is 0 Å². The lowest BCUT2D eigenvalue weighted by Crippen LogP contribution is -1.98. The zero-order valence-electron chi connectivity index (χ0n) is 13.5. The molecule has 1 aromatic heterocycles. The van der Waals surface area contributed by atoms with E-state index in [2.05, 4.69) is 10.2 Å². The van der Waals surface area contributed by atoms with Gasteiger partial charge in [-0.3, -0.25) is 0 Å². The largest absolute Gasteiger partial charge is 0.493 e. The van der Waals surface area contributed by atoms with E-state index < -0.39 is 0 Å². The Kier molecular flexibility index (Phi) is 5.20. The van der Waals surface area contributed by atoms with Gasteiger partial charge in [-0.2, -0.15) is 0 Å². The first-order chi connectivity index (χ1) is 12.2. The lowest BCUT2D eigenvalue weighted by atomic mass is 10.2. The molecule has 0 saturated heterocycles. The van der Waals surface area contributed by atoms with Gasteiger partial charge in [0.15, 0.2) is 11.5 Å². The van der Waals surface area contributed by atoms with Crippen LogP contribution >= 0.6 is 11.6 Å². The highest BCUT2D eigenvalue weighted by Gasteiger charge is 2.12. The average Bonchev–Trinajstić information content (AvgIpc) is 3.05. The molecule has 128 valence electrons. The lowest BCUT2D eigenvalue weighted by Gasteiger charge is -2.13. The van der Waals surface area contributed by atoms with E-state index in [1.807, 2.05) is 36.4 Å². The number of ether oxygens (including phenoxy) is 2. The fourth-order valence-electron chi connectivity index (χ4n) is 2.19. The number of rotatable bonds is 6. The Bertz CT molecular complexity index is 879. The third kappa shape index (κ3) is 4.30. The van der Waals surface area contributed by atoms with Crippen LogP contribution in [-0.4, -0.2) is 17.3 Å². The molecule has 0 unspecified atom stereocenters. The summed E-state index contributed by atoms with van der Waals surface area (Å²) in [5, 5.41) is 7.79. The van der Waals surface area contributed by atoms with Gasteiger partial charge in [-0.05, 0) is 29.3 Å². The number of aromatic nitrogens is 2. The molecule has 0 aliphatic rings. The number of halogens is 1. The van der Waals surface area contributed by atoms with E-state index in [4.69, 9.17) is 31.2 Å². The van der Waals surface area contributed by atoms with Gasteiger partial charge in [-0.1, -0.05) is 47.0 Å². The molecule has 0 atom stereocenters. The van der Waals surface area contributed by atoms with Crippen LogP contribution in [0.4, 0.5) is 6.01 Å². The molecule has 7 heteroatoms. The maximum absolute atomic E-state index is 6.36.